The van der Waals surface area contributed by atoms with Gasteiger partial charge in [0, 0.05) is 12.1 Å². The highest BCUT2D eigenvalue weighted by molar-refractivity contribution is 7.80. The predicted molar refractivity (Wildman–Crippen MR) is 80.5 cm³/mol. The fourth-order valence-electron chi connectivity index (χ4n) is 1.33. The Hall–Kier alpha value is -1.88. The number of carbonyl (C=O) groups excluding carboxylic acids is 1. The summed E-state index contributed by atoms with van der Waals surface area (Å²) < 4.78 is 5.47. The third kappa shape index (κ3) is 5.52. The number of nitrogens with one attached hydrogen (secondary N) is 2. The van der Waals surface area contributed by atoms with Crippen molar-refractivity contribution in [2.75, 3.05) is 13.2 Å². The Labute approximate surface area is 118 Å². The second-order valence-electron chi connectivity index (χ2n) is 3.83. The number of carbonyl (C=O) groups is 1. The minimum absolute atomic E-state index is 0.261. The molecule has 1 aromatic rings. The SMILES string of the molecule is C=CCNC(=S)NC(=O)c1cccc(OCCC)c1. The molecule has 2 N–H and O–H groups in total. The summed E-state index contributed by atoms with van der Waals surface area (Å²) in [5, 5.41) is 5.71. The van der Waals surface area contributed by atoms with Gasteiger partial charge in [0.05, 0.1) is 6.61 Å². The van der Waals surface area contributed by atoms with E-state index in [0.29, 0.717) is 24.5 Å². The van der Waals surface area contributed by atoms with Gasteiger partial charge in [-0.05, 0) is 36.8 Å². The van der Waals surface area contributed by atoms with Crippen LogP contribution in [0.3, 0.4) is 0 Å². The summed E-state index contributed by atoms with van der Waals surface area (Å²) in [6.07, 6.45) is 2.59. The Morgan fingerprint density at radius 2 is 2.32 bits per heavy atom. The van der Waals surface area contributed by atoms with Gasteiger partial charge in [0.2, 0.25) is 0 Å². The van der Waals surface area contributed by atoms with E-state index in [2.05, 4.69) is 17.2 Å². The molecule has 0 aliphatic carbocycles. The van der Waals surface area contributed by atoms with Crippen molar-refractivity contribution in [3.8, 4) is 5.75 Å². The van der Waals surface area contributed by atoms with E-state index in [1.54, 1.807) is 24.3 Å². The van der Waals surface area contributed by atoms with Crippen molar-refractivity contribution in [2.24, 2.45) is 0 Å². The monoisotopic (exact) mass is 278 g/mol. The highest BCUT2D eigenvalue weighted by Crippen LogP contribution is 2.13. The van der Waals surface area contributed by atoms with Crippen molar-refractivity contribution in [3.63, 3.8) is 0 Å². The Morgan fingerprint density at radius 1 is 1.53 bits per heavy atom. The summed E-state index contributed by atoms with van der Waals surface area (Å²) in [4.78, 5) is 11.9. The van der Waals surface area contributed by atoms with Crippen molar-refractivity contribution in [1.82, 2.24) is 10.6 Å². The summed E-state index contributed by atoms with van der Waals surface area (Å²) >= 11 is 4.98. The maximum atomic E-state index is 11.9. The zero-order valence-corrected chi connectivity index (χ0v) is 11.8. The first-order chi connectivity index (χ1) is 9.17. The van der Waals surface area contributed by atoms with Gasteiger partial charge in [0.1, 0.15) is 5.75 Å². The average molecular weight is 278 g/mol. The van der Waals surface area contributed by atoms with Crippen LogP contribution in [0.5, 0.6) is 5.75 Å². The molecule has 102 valence electrons. The van der Waals surface area contributed by atoms with Gasteiger partial charge in [-0.3, -0.25) is 10.1 Å². The minimum atomic E-state index is -0.261. The molecular formula is C14H18N2O2S. The van der Waals surface area contributed by atoms with Crippen LogP contribution in [0.25, 0.3) is 0 Å². The lowest BCUT2D eigenvalue weighted by molar-refractivity contribution is 0.0976. The number of thiocarbonyl (C=S) groups is 1. The number of hydrogen-bond donors (Lipinski definition) is 2. The normalized spacial score (nSPS) is 9.53. The summed E-state index contributed by atoms with van der Waals surface area (Å²) in [5.74, 6) is 0.419. The van der Waals surface area contributed by atoms with Crippen molar-refractivity contribution in [3.05, 3.63) is 42.5 Å². The number of benzene rings is 1. The van der Waals surface area contributed by atoms with Crippen molar-refractivity contribution in [1.29, 1.82) is 0 Å². The number of hydrogen-bond acceptors (Lipinski definition) is 3. The van der Waals surface area contributed by atoms with E-state index in [4.69, 9.17) is 17.0 Å². The smallest absolute Gasteiger partial charge is 0.257 e. The predicted octanol–water partition coefficient (Wildman–Crippen LogP) is 2.27. The van der Waals surface area contributed by atoms with Crippen LogP contribution < -0.4 is 15.4 Å². The number of amides is 1. The second-order valence-corrected chi connectivity index (χ2v) is 4.24. The molecule has 0 radical (unpaired) electrons. The molecule has 0 heterocycles. The Balaban J connectivity index is 2.60. The highest BCUT2D eigenvalue weighted by Gasteiger charge is 2.08. The standard InChI is InChI=1S/C14H18N2O2S/c1-3-8-15-14(19)16-13(17)11-6-5-7-12(10-11)18-9-4-2/h3,5-7,10H,1,4,8-9H2,2H3,(H2,15,16,17,19). The third-order valence-electron chi connectivity index (χ3n) is 2.20. The van der Waals surface area contributed by atoms with Gasteiger partial charge < -0.3 is 10.1 Å². The topological polar surface area (TPSA) is 50.4 Å². The quantitative estimate of drug-likeness (QED) is 0.619. The molecule has 0 saturated carbocycles. The zero-order chi connectivity index (χ0) is 14.1. The molecule has 0 aromatic heterocycles. The van der Waals surface area contributed by atoms with E-state index in [1.165, 1.54) is 0 Å². The highest BCUT2D eigenvalue weighted by atomic mass is 32.1. The molecule has 0 fully saturated rings. The largest absolute Gasteiger partial charge is 0.494 e. The van der Waals surface area contributed by atoms with E-state index in [-0.39, 0.29) is 11.0 Å². The van der Waals surface area contributed by atoms with Gasteiger partial charge in [0.25, 0.3) is 5.91 Å². The molecule has 0 spiro atoms. The van der Waals surface area contributed by atoms with Crippen molar-refractivity contribution < 1.29 is 9.53 Å². The maximum absolute atomic E-state index is 11.9. The molecule has 19 heavy (non-hydrogen) atoms. The Kier molecular flexibility index (Phi) is 6.60. The molecule has 0 unspecified atom stereocenters. The molecule has 4 nitrogen and oxygen atoms in total. The van der Waals surface area contributed by atoms with E-state index in [9.17, 15) is 4.79 Å². The lowest BCUT2D eigenvalue weighted by Gasteiger charge is -2.09. The van der Waals surface area contributed by atoms with E-state index < -0.39 is 0 Å². The maximum Gasteiger partial charge on any atom is 0.257 e. The first-order valence-corrected chi connectivity index (χ1v) is 6.51. The van der Waals surface area contributed by atoms with Crippen LogP contribution in [0.15, 0.2) is 36.9 Å². The lowest BCUT2D eigenvalue weighted by atomic mass is 10.2. The van der Waals surface area contributed by atoms with E-state index in [0.717, 1.165) is 6.42 Å². The molecule has 1 rings (SSSR count). The third-order valence-corrected chi connectivity index (χ3v) is 2.45. The Morgan fingerprint density at radius 3 is 3.00 bits per heavy atom. The molecule has 5 heteroatoms. The van der Waals surface area contributed by atoms with Gasteiger partial charge in [-0.25, -0.2) is 0 Å². The van der Waals surface area contributed by atoms with Crippen LogP contribution in [0.1, 0.15) is 23.7 Å². The van der Waals surface area contributed by atoms with Crippen LogP contribution >= 0.6 is 12.2 Å². The number of ether oxygens (including phenoxy) is 1. The average Bonchev–Trinajstić information content (AvgIpc) is 2.43. The molecule has 1 aromatic carbocycles. The summed E-state index contributed by atoms with van der Waals surface area (Å²) in [6, 6.07) is 7.01. The molecule has 1 amide bonds. The first kappa shape index (κ1) is 15.2. The molecule has 0 saturated heterocycles. The second kappa shape index (κ2) is 8.26. The fourth-order valence-corrected chi connectivity index (χ4v) is 1.51. The minimum Gasteiger partial charge on any atom is -0.494 e. The summed E-state index contributed by atoms with van der Waals surface area (Å²) in [7, 11) is 0. The zero-order valence-electron chi connectivity index (χ0n) is 10.9. The van der Waals surface area contributed by atoms with Gasteiger partial charge in [-0.15, -0.1) is 6.58 Å². The van der Waals surface area contributed by atoms with Crippen LogP contribution in [-0.2, 0) is 0 Å². The van der Waals surface area contributed by atoms with E-state index >= 15 is 0 Å². The van der Waals surface area contributed by atoms with E-state index in [1.807, 2.05) is 13.0 Å². The molecule has 0 bridgehead atoms. The lowest BCUT2D eigenvalue weighted by Crippen LogP contribution is -2.39. The fraction of sp³-hybridized carbons (Fsp3) is 0.286. The Bertz CT molecular complexity index is 461. The van der Waals surface area contributed by atoms with Crippen LogP contribution in [0, 0.1) is 0 Å². The first-order valence-electron chi connectivity index (χ1n) is 6.10. The van der Waals surface area contributed by atoms with Crippen LogP contribution in [-0.4, -0.2) is 24.2 Å². The molecule has 0 aliphatic rings. The van der Waals surface area contributed by atoms with Gasteiger partial charge in [0.15, 0.2) is 5.11 Å². The number of rotatable bonds is 6. The van der Waals surface area contributed by atoms with Crippen LogP contribution in [0.4, 0.5) is 0 Å². The van der Waals surface area contributed by atoms with Gasteiger partial charge in [-0.1, -0.05) is 19.1 Å². The van der Waals surface area contributed by atoms with Crippen molar-refractivity contribution >= 4 is 23.2 Å². The summed E-state index contributed by atoms with van der Waals surface area (Å²) in [6.45, 7) is 6.73. The summed E-state index contributed by atoms with van der Waals surface area (Å²) in [5.41, 5.74) is 0.511. The van der Waals surface area contributed by atoms with Gasteiger partial charge in [-0.2, -0.15) is 0 Å². The molecule has 0 atom stereocenters. The van der Waals surface area contributed by atoms with Crippen LogP contribution in [0.2, 0.25) is 0 Å². The molecule has 0 aliphatic heterocycles. The van der Waals surface area contributed by atoms with Gasteiger partial charge >= 0.3 is 0 Å². The molecular weight excluding hydrogens is 260 g/mol. The van der Waals surface area contributed by atoms with Crippen molar-refractivity contribution in [2.45, 2.75) is 13.3 Å².